The quantitative estimate of drug-likeness (QED) is 0.342. The molecule has 2 nitrogen and oxygen atoms in total. The van der Waals surface area contributed by atoms with Gasteiger partial charge in [0.2, 0.25) is 5.91 Å². The molecular weight excluding hydrogens is 282 g/mol. The summed E-state index contributed by atoms with van der Waals surface area (Å²) in [5.41, 5.74) is 0. The molecule has 1 heterocycles. The van der Waals surface area contributed by atoms with Crippen LogP contribution in [0, 0.1) is 5.92 Å². The van der Waals surface area contributed by atoms with Gasteiger partial charge in [-0.15, -0.1) is 0 Å². The van der Waals surface area contributed by atoms with Gasteiger partial charge in [0.25, 0.3) is 0 Å². The van der Waals surface area contributed by atoms with Gasteiger partial charge in [0.05, 0.1) is 0 Å². The minimum atomic E-state index is 0.401. The van der Waals surface area contributed by atoms with Gasteiger partial charge in [-0.3, -0.25) is 4.79 Å². The maximum atomic E-state index is 12.1. The molecule has 1 rings (SSSR count). The highest BCUT2D eigenvalue weighted by molar-refractivity contribution is 5.76. The first-order valence-electron chi connectivity index (χ1n) is 10.5. The molecule has 0 aromatic carbocycles. The van der Waals surface area contributed by atoms with Crippen molar-refractivity contribution in [3.8, 4) is 0 Å². The van der Waals surface area contributed by atoms with Crippen LogP contribution in [0.3, 0.4) is 0 Å². The number of unbranched alkanes of at least 4 members (excludes halogenated alkanes) is 10. The molecule has 0 radical (unpaired) electrons. The SMILES string of the molecule is CCCCCCCCCCCCCC(C)CC(=O)N1CCCC1. The Morgan fingerprint density at radius 2 is 1.30 bits per heavy atom. The normalized spacial score (nSPS) is 16.0. The van der Waals surface area contributed by atoms with Gasteiger partial charge in [-0.2, -0.15) is 0 Å². The van der Waals surface area contributed by atoms with E-state index in [0.717, 1.165) is 19.5 Å². The lowest BCUT2D eigenvalue weighted by molar-refractivity contribution is -0.131. The predicted molar refractivity (Wildman–Crippen MR) is 101 cm³/mol. The third-order valence-corrected chi connectivity index (χ3v) is 5.28. The van der Waals surface area contributed by atoms with Crippen LogP contribution in [0.15, 0.2) is 0 Å². The lowest BCUT2D eigenvalue weighted by atomic mass is 9.98. The molecule has 1 aliphatic heterocycles. The number of amides is 1. The molecule has 0 spiro atoms. The van der Waals surface area contributed by atoms with Crippen molar-refractivity contribution in [3.63, 3.8) is 0 Å². The van der Waals surface area contributed by atoms with Crippen LogP contribution in [-0.2, 0) is 4.79 Å². The lowest BCUT2D eigenvalue weighted by Gasteiger charge is -2.18. The van der Waals surface area contributed by atoms with Crippen molar-refractivity contribution in [2.45, 2.75) is 110 Å². The fourth-order valence-electron chi connectivity index (χ4n) is 3.65. The summed E-state index contributed by atoms with van der Waals surface area (Å²) in [4.78, 5) is 14.1. The lowest BCUT2D eigenvalue weighted by Crippen LogP contribution is -2.28. The molecule has 0 aliphatic carbocycles. The van der Waals surface area contributed by atoms with Gasteiger partial charge in [-0.25, -0.2) is 0 Å². The summed E-state index contributed by atoms with van der Waals surface area (Å²) in [6, 6.07) is 0. The second-order valence-corrected chi connectivity index (χ2v) is 7.72. The Kier molecular flexibility index (Phi) is 12.4. The Balaban J connectivity index is 1.83. The predicted octanol–water partition coefficient (Wildman–Crippen LogP) is 6.34. The van der Waals surface area contributed by atoms with E-state index in [2.05, 4.69) is 18.7 Å². The Labute approximate surface area is 145 Å². The highest BCUT2D eigenvalue weighted by Crippen LogP contribution is 2.18. The number of likely N-dealkylation sites (tertiary alicyclic amines) is 1. The molecule has 23 heavy (non-hydrogen) atoms. The second kappa shape index (κ2) is 13.9. The monoisotopic (exact) mass is 323 g/mol. The summed E-state index contributed by atoms with van der Waals surface area (Å²) in [5.74, 6) is 0.972. The highest BCUT2D eigenvalue weighted by Gasteiger charge is 2.19. The third-order valence-electron chi connectivity index (χ3n) is 5.28. The molecule has 2 heteroatoms. The Hall–Kier alpha value is -0.530. The van der Waals surface area contributed by atoms with Gasteiger partial charge in [0.1, 0.15) is 0 Å². The topological polar surface area (TPSA) is 20.3 Å². The molecule has 136 valence electrons. The number of carbonyl (C=O) groups is 1. The fraction of sp³-hybridized carbons (Fsp3) is 0.952. The number of nitrogens with zero attached hydrogens (tertiary/aromatic N) is 1. The van der Waals surface area contributed by atoms with E-state index < -0.39 is 0 Å². The molecule has 0 aromatic rings. The molecule has 1 fully saturated rings. The van der Waals surface area contributed by atoms with Crippen LogP contribution in [0.2, 0.25) is 0 Å². The number of rotatable bonds is 14. The average Bonchev–Trinajstić information content (AvgIpc) is 3.07. The summed E-state index contributed by atoms with van der Waals surface area (Å²) >= 11 is 0. The van der Waals surface area contributed by atoms with Crippen LogP contribution in [0.5, 0.6) is 0 Å². The molecule has 1 atom stereocenters. The molecule has 0 saturated carbocycles. The fourth-order valence-corrected chi connectivity index (χ4v) is 3.65. The van der Waals surface area contributed by atoms with Crippen molar-refractivity contribution in [1.29, 1.82) is 0 Å². The first-order valence-corrected chi connectivity index (χ1v) is 10.5. The van der Waals surface area contributed by atoms with Crippen molar-refractivity contribution in [2.75, 3.05) is 13.1 Å². The van der Waals surface area contributed by atoms with E-state index in [1.54, 1.807) is 0 Å². The standard InChI is InChI=1S/C21H41NO/c1-3-4-5-6-7-8-9-10-11-12-13-16-20(2)19-21(23)22-17-14-15-18-22/h20H,3-19H2,1-2H3. The highest BCUT2D eigenvalue weighted by atomic mass is 16.2. The van der Waals surface area contributed by atoms with Crippen molar-refractivity contribution in [2.24, 2.45) is 5.92 Å². The van der Waals surface area contributed by atoms with Gasteiger partial charge >= 0.3 is 0 Å². The zero-order valence-corrected chi connectivity index (χ0v) is 16.0. The first kappa shape index (κ1) is 20.5. The Bertz CT molecular complexity index is 284. The van der Waals surface area contributed by atoms with Crippen LogP contribution < -0.4 is 0 Å². The minimum Gasteiger partial charge on any atom is -0.343 e. The molecule has 1 aliphatic rings. The summed E-state index contributed by atoms with van der Waals surface area (Å²) in [6.07, 6.45) is 19.8. The van der Waals surface area contributed by atoms with Gasteiger partial charge in [-0.1, -0.05) is 90.9 Å². The summed E-state index contributed by atoms with van der Waals surface area (Å²) < 4.78 is 0. The van der Waals surface area contributed by atoms with E-state index in [1.165, 1.54) is 89.9 Å². The molecule has 0 bridgehead atoms. The van der Waals surface area contributed by atoms with Crippen LogP contribution in [-0.4, -0.2) is 23.9 Å². The maximum Gasteiger partial charge on any atom is 0.222 e. The van der Waals surface area contributed by atoms with Gasteiger partial charge < -0.3 is 4.90 Å². The Morgan fingerprint density at radius 1 is 0.826 bits per heavy atom. The van der Waals surface area contributed by atoms with E-state index >= 15 is 0 Å². The van der Waals surface area contributed by atoms with E-state index in [4.69, 9.17) is 0 Å². The first-order chi connectivity index (χ1) is 11.2. The van der Waals surface area contributed by atoms with Crippen molar-refractivity contribution in [1.82, 2.24) is 4.90 Å². The number of carbonyl (C=O) groups excluding carboxylic acids is 1. The molecular formula is C21H41NO. The van der Waals surface area contributed by atoms with Crippen LogP contribution in [0.25, 0.3) is 0 Å². The number of hydrogen-bond donors (Lipinski definition) is 0. The minimum absolute atomic E-state index is 0.401. The zero-order valence-electron chi connectivity index (χ0n) is 16.0. The van der Waals surface area contributed by atoms with E-state index in [-0.39, 0.29) is 0 Å². The summed E-state index contributed by atoms with van der Waals surface area (Å²) in [6.45, 7) is 6.54. The molecule has 1 unspecified atom stereocenters. The molecule has 0 N–H and O–H groups in total. The van der Waals surface area contributed by atoms with Crippen molar-refractivity contribution in [3.05, 3.63) is 0 Å². The van der Waals surface area contributed by atoms with Gasteiger partial charge in [0, 0.05) is 19.5 Å². The number of hydrogen-bond acceptors (Lipinski definition) is 1. The van der Waals surface area contributed by atoms with E-state index in [0.29, 0.717) is 11.8 Å². The Morgan fingerprint density at radius 3 is 1.83 bits per heavy atom. The summed E-state index contributed by atoms with van der Waals surface area (Å²) in [5, 5.41) is 0. The van der Waals surface area contributed by atoms with Crippen LogP contribution in [0.4, 0.5) is 0 Å². The second-order valence-electron chi connectivity index (χ2n) is 7.72. The van der Waals surface area contributed by atoms with Crippen molar-refractivity contribution >= 4 is 5.91 Å². The van der Waals surface area contributed by atoms with Crippen LogP contribution >= 0.6 is 0 Å². The van der Waals surface area contributed by atoms with E-state index in [1.807, 2.05) is 0 Å². The van der Waals surface area contributed by atoms with E-state index in [9.17, 15) is 4.79 Å². The van der Waals surface area contributed by atoms with Crippen LogP contribution in [0.1, 0.15) is 110 Å². The molecule has 1 saturated heterocycles. The van der Waals surface area contributed by atoms with Gasteiger partial charge in [0.15, 0.2) is 0 Å². The molecule has 0 aromatic heterocycles. The van der Waals surface area contributed by atoms with Crippen molar-refractivity contribution < 1.29 is 4.79 Å². The maximum absolute atomic E-state index is 12.1. The largest absolute Gasteiger partial charge is 0.343 e. The smallest absolute Gasteiger partial charge is 0.222 e. The molecule has 1 amide bonds. The van der Waals surface area contributed by atoms with Gasteiger partial charge in [-0.05, 0) is 18.8 Å². The zero-order chi connectivity index (χ0) is 16.8. The summed E-state index contributed by atoms with van der Waals surface area (Å²) in [7, 11) is 0. The third kappa shape index (κ3) is 10.8. The average molecular weight is 324 g/mol.